The van der Waals surface area contributed by atoms with E-state index in [9.17, 15) is 18.0 Å². The van der Waals surface area contributed by atoms with E-state index in [1.807, 2.05) is 35.8 Å². The Bertz CT molecular complexity index is 1270. The van der Waals surface area contributed by atoms with Crippen LogP contribution < -0.4 is 10.1 Å². The summed E-state index contributed by atoms with van der Waals surface area (Å²) in [6.45, 7) is -0.153. The lowest BCUT2D eigenvalue weighted by Crippen LogP contribution is -2.33. The van der Waals surface area contributed by atoms with Gasteiger partial charge in [0.2, 0.25) is 0 Å². The third kappa shape index (κ3) is 5.72. The van der Waals surface area contributed by atoms with Gasteiger partial charge in [-0.15, -0.1) is 11.3 Å². The van der Waals surface area contributed by atoms with Crippen LogP contribution in [-0.4, -0.2) is 53.5 Å². The predicted octanol–water partition coefficient (Wildman–Crippen LogP) is 4.83. The number of ether oxygens (including phenoxy) is 2. The Morgan fingerprint density at radius 3 is 2.65 bits per heavy atom. The highest BCUT2D eigenvalue weighted by Gasteiger charge is 2.28. The molecule has 0 atom stereocenters. The second-order valence-corrected chi connectivity index (χ2v) is 8.30. The minimum atomic E-state index is -4.46. The minimum Gasteiger partial charge on any atom is -0.494 e. The molecule has 0 aliphatic rings. The molecule has 1 amide bonds. The van der Waals surface area contributed by atoms with Crippen molar-refractivity contribution in [1.29, 1.82) is 0 Å². The molecule has 1 N–H and O–H groups in total. The zero-order valence-electron chi connectivity index (χ0n) is 18.1. The van der Waals surface area contributed by atoms with Crippen LogP contribution in [0.3, 0.4) is 0 Å². The normalized spacial score (nSPS) is 11.6. The molecule has 0 aliphatic heterocycles. The number of amides is 1. The predicted molar refractivity (Wildman–Crippen MR) is 122 cm³/mol. The maximum absolute atomic E-state index is 12.3. The fourth-order valence-corrected chi connectivity index (χ4v) is 4.05. The summed E-state index contributed by atoms with van der Waals surface area (Å²) in [5, 5.41) is 7.92. The molecule has 3 aromatic heterocycles. The van der Waals surface area contributed by atoms with Gasteiger partial charge in [-0.3, -0.25) is 4.79 Å². The van der Waals surface area contributed by atoms with Crippen LogP contribution in [0.2, 0.25) is 0 Å². The first-order valence-corrected chi connectivity index (χ1v) is 11.2. The SMILES string of the molecule is COCCCOc1ccc(-c2cnc3c(-c4csc(C(=O)NCC(F)(F)F)c4)cnn3c2)cc1. The maximum atomic E-state index is 12.3. The lowest BCUT2D eigenvalue weighted by molar-refractivity contribution is -0.123. The number of nitrogens with one attached hydrogen (secondary N) is 1. The van der Waals surface area contributed by atoms with E-state index in [0.29, 0.717) is 30.0 Å². The van der Waals surface area contributed by atoms with Crippen molar-refractivity contribution in [2.75, 3.05) is 26.9 Å². The molecule has 4 rings (SSSR count). The van der Waals surface area contributed by atoms with Gasteiger partial charge in [0.25, 0.3) is 5.91 Å². The van der Waals surface area contributed by atoms with Crippen LogP contribution in [0.4, 0.5) is 13.2 Å². The molecule has 0 unspecified atom stereocenters. The van der Waals surface area contributed by atoms with Gasteiger partial charge in [-0.05, 0) is 34.7 Å². The molecule has 0 bridgehead atoms. The molecule has 4 aromatic rings. The maximum Gasteiger partial charge on any atom is 0.405 e. The number of hydrogen-bond donors (Lipinski definition) is 1. The Hall–Kier alpha value is -3.44. The Morgan fingerprint density at radius 1 is 1.12 bits per heavy atom. The number of fused-ring (bicyclic) bond motifs is 1. The average molecular weight is 491 g/mol. The number of benzene rings is 1. The molecule has 34 heavy (non-hydrogen) atoms. The van der Waals surface area contributed by atoms with E-state index in [1.165, 1.54) is 6.07 Å². The van der Waals surface area contributed by atoms with Gasteiger partial charge in [0.05, 0.1) is 17.7 Å². The van der Waals surface area contributed by atoms with E-state index in [-0.39, 0.29) is 4.88 Å². The molecular formula is C23H21F3N4O3S. The van der Waals surface area contributed by atoms with E-state index in [1.54, 1.807) is 29.4 Å². The van der Waals surface area contributed by atoms with Gasteiger partial charge in [-0.2, -0.15) is 18.3 Å². The summed E-state index contributed by atoms with van der Waals surface area (Å²) in [6.07, 6.45) is 1.52. The summed E-state index contributed by atoms with van der Waals surface area (Å²) < 4.78 is 49.3. The summed E-state index contributed by atoms with van der Waals surface area (Å²) in [7, 11) is 1.65. The van der Waals surface area contributed by atoms with Crippen LogP contribution in [0.25, 0.3) is 27.9 Å². The second-order valence-electron chi connectivity index (χ2n) is 7.39. The zero-order valence-corrected chi connectivity index (χ0v) is 18.9. The van der Waals surface area contributed by atoms with Gasteiger partial charge in [-0.1, -0.05) is 12.1 Å². The third-order valence-corrected chi connectivity index (χ3v) is 5.82. The van der Waals surface area contributed by atoms with Crippen LogP contribution in [0, 0.1) is 0 Å². The lowest BCUT2D eigenvalue weighted by Gasteiger charge is -2.07. The van der Waals surface area contributed by atoms with Crippen molar-refractivity contribution in [3.05, 3.63) is 59.2 Å². The molecule has 3 heterocycles. The highest BCUT2D eigenvalue weighted by atomic mass is 32.1. The van der Waals surface area contributed by atoms with Gasteiger partial charge in [-0.25, -0.2) is 9.50 Å². The van der Waals surface area contributed by atoms with Gasteiger partial charge in [0.1, 0.15) is 12.3 Å². The topological polar surface area (TPSA) is 77.8 Å². The summed E-state index contributed by atoms with van der Waals surface area (Å²) in [4.78, 5) is 16.7. The first-order chi connectivity index (χ1) is 16.3. The largest absolute Gasteiger partial charge is 0.494 e. The van der Waals surface area contributed by atoms with E-state index < -0.39 is 18.6 Å². The number of halogens is 3. The quantitative estimate of drug-likeness (QED) is 0.340. The Morgan fingerprint density at radius 2 is 1.91 bits per heavy atom. The van der Waals surface area contributed by atoms with Crippen molar-refractivity contribution in [1.82, 2.24) is 19.9 Å². The van der Waals surface area contributed by atoms with Crippen LogP contribution in [0.15, 0.2) is 54.3 Å². The van der Waals surface area contributed by atoms with Crippen LogP contribution in [0.5, 0.6) is 5.75 Å². The number of methoxy groups -OCH3 is 1. The summed E-state index contributed by atoms with van der Waals surface area (Å²) in [6, 6.07) is 9.18. The van der Waals surface area contributed by atoms with Crippen molar-refractivity contribution in [2.24, 2.45) is 0 Å². The number of nitrogens with zero attached hydrogens (tertiary/aromatic N) is 3. The first-order valence-electron chi connectivity index (χ1n) is 10.3. The highest BCUT2D eigenvalue weighted by Crippen LogP contribution is 2.30. The van der Waals surface area contributed by atoms with E-state index in [0.717, 1.165) is 34.6 Å². The van der Waals surface area contributed by atoms with Crippen molar-refractivity contribution in [2.45, 2.75) is 12.6 Å². The van der Waals surface area contributed by atoms with E-state index in [4.69, 9.17) is 9.47 Å². The van der Waals surface area contributed by atoms with E-state index in [2.05, 4.69) is 10.1 Å². The van der Waals surface area contributed by atoms with Crippen LogP contribution >= 0.6 is 11.3 Å². The van der Waals surface area contributed by atoms with E-state index >= 15 is 0 Å². The van der Waals surface area contributed by atoms with Gasteiger partial charge in [0.15, 0.2) is 5.65 Å². The number of alkyl halides is 3. The molecular weight excluding hydrogens is 469 g/mol. The fourth-order valence-electron chi connectivity index (χ4n) is 3.23. The third-order valence-electron chi connectivity index (χ3n) is 4.89. The van der Waals surface area contributed by atoms with Gasteiger partial charge in [0, 0.05) is 43.7 Å². The number of thiophene rings is 1. The number of hydrogen-bond acceptors (Lipinski definition) is 6. The highest BCUT2D eigenvalue weighted by molar-refractivity contribution is 7.12. The monoisotopic (exact) mass is 490 g/mol. The van der Waals surface area contributed by atoms with Gasteiger partial charge >= 0.3 is 6.18 Å². The smallest absolute Gasteiger partial charge is 0.405 e. The Labute approximate surface area is 197 Å². The standard InChI is InChI=1S/C23H21F3N4O3S/c1-32-7-2-8-33-18-5-3-15(4-6-18)17-10-27-21-19(11-29-30(21)12-17)16-9-20(34-13-16)22(31)28-14-23(24,25)26/h3-6,9-13H,2,7-8,14H2,1H3,(H,28,31). The van der Waals surface area contributed by atoms with Crippen molar-refractivity contribution in [3.8, 4) is 28.0 Å². The minimum absolute atomic E-state index is 0.180. The molecule has 7 nitrogen and oxygen atoms in total. The van der Waals surface area contributed by atoms with Crippen molar-refractivity contribution in [3.63, 3.8) is 0 Å². The van der Waals surface area contributed by atoms with Crippen molar-refractivity contribution >= 4 is 22.9 Å². The average Bonchev–Trinajstić information content (AvgIpc) is 3.47. The number of aromatic nitrogens is 3. The van der Waals surface area contributed by atoms with Crippen LogP contribution in [-0.2, 0) is 4.74 Å². The molecule has 1 aromatic carbocycles. The molecule has 0 saturated heterocycles. The fraction of sp³-hybridized carbons (Fsp3) is 0.261. The molecule has 0 spiro atoms. The number of rotatable bonds is 9. The lowest BCUT2D eigenvalue weighted by atomic mass is 10.1. The Kier molecular flexibility index (Phi) is 7.13. The first kappa shape index (κ1) is 23.7. The van der Waals surface area contributed by atoms with Gasteiger partial charge < -0.3 is 14.8 Å². The molecule has 0 fully saturated rings. The zero-order chi connectivity index (χ0) is 24.1. The van der Waals surface area contributed by atoms with Crippen molar-refractivity contribution < 1.29 is 27.4 Å². The summed E-state index contributed by atoms with van der Waals surface area (Å²) in [5.74, 6) is -0.00536. The summed E-state index contributed by atoms with van der Waals surface area (Å²) >= 11 is 1.06. The molecule has 0 radical (unpaired) electrons. The summed E-state index contributed by atoms with van der Waals surface area (Å²) in [5.41, 5.74) is 3.70. The number of carbonyl (C=O) groups is 1. The molecule has 178 valence electrons. The molecule has 0 saturated carbocycles. The number of carbonyl (C=O) groups excluding carboxylic acids is 1. The van der Waals surface area contributed by atoms with Crippen LogP contribution in [0.1, 0.15) is 16.1 Å². The second kappa shape index (κ2) is 10.2. The Balaban J connectivity index is 1.48. The molecule has 0 aliphatic carbocycles. The molecule has 11 heteroatoms.